The van der Waals surface area contributed by atoms with Crippen LogP contribution in [-0.4, -0.2) is 27.2 Å². The molecule has 0 saturated carbocycles. The van der Waals surface area contributed by atoms with Gasteiger partial charge in [0.25, 0.3) is 0 Å². The van der Waals surface area contributed by atoms with E-state index in [2.05, 4.69) is 6.58 Å². The Hall–Kier alpha value is -1.35. The summed E-state index contributed by atoms with van der Waals surface area (Å²) >= 11 is 5.74. The highest BCUT2D eigenvalue weighted by atomic mass is 35.5. The SMILES string of the molecule is C=C(CCl)c1cc(OC)c(OC)c(OC)c1. The van der Waals surface area contributed by atoms with E-state index in [1.165, 1.54) is 0 Å². The molecule has 0 radical (unpaired) electrons. The maximum absolute atomic E-state index is 5.74. The van der Waals surface area contributed by atoms with Crippen molar-refractivity contribution in [3.8, 4) is 17.2 Å². The first-order chi connectivity index (χ1) is 7.67. The Labute approximate surface area is 101 Å². The maximum Gasteiger partial charge on any atom is 0.203 e. The van der Waals surface area contributed by atoms with Crippen molar-refractivity contribution in [3.63, 3.8) is 0 Å². The highest BCUT2D eigenvalue weighted by molar-refractivity contribution is 6.23. The van der Waals surface area contributed by atoms with Crippen molar-refractivity contribution in [2.75, 3.05) is 27.2 Å². The van der Waals surface area contributed by atoms with E-state index in [0.29, 0.717) is 23.1 Å². The van der Waals surface area contributed by atoms with Gasteiger partial charge in [-0.3, -0.25) is 0 Å². The molecule has 0 aliphatic heterocycles. The summed E-state index contributed by atoms with van der Waals surface area (Å²) < 4.78 is 15.7. The third kappa shape index (κ3) is 2.42. The van der Waals surface area contributed by atoms with Crippen LogP contribution < -0.4 is 14.2 Å². The lowest BCUT2D eigenvalue weighted by atomic mass is 10.1. The minimum Gasteiger partial charge on any atom is -0.493 e. The molecule has 0 unspecified atom stereocenters. The number of ether oxygens (including phenoxy) is 3. The molecule has 3 nitrogen and oxygen atoms in total. The van der Waals surface area contributed by atoms with Gasteiger partial charge in [-0.05, 0) is 23.3 Å². The molecule has 88 valence electrons. The Bertz CT molecular complexity index is 363. The summed E-state index contributed by atoms with van der Waals surface area (Å²) in [6.07, 6.45) is 0. The first-order valence-corrected chi connectivity index (χ1v) is 5.25. The van der Waals surface area contributed by atoms with E-state index in [-0.39, 0.29) is 0 Å². The molecule has 4 heteroatoms. The molecular formula is C12H15ClO3. The zero-order valence-corrected chi connectivity index (χ0v) is 10.4. The van der Waals surface area contributed by atoms with Crippen LogP contribution in [0.1, 0.15) is 5.56 Å². The fourth-order valence-electron chi connectivity index (χ4n) is 1.36. The second-order valence-electron chi connectivity index (χ2n) is 3.15. The summed E-state index contributed by atoms with van der Waals surface area (Å²) in [7, 11) is 4.71. The molecule has 0 heterocycles. The van der Waals surface area contributed by atoms with Gasteiger partial charge in [0.05, 0.1) is 21.3 Å². The molecule has 0 bridgehead atoms. The monoisotopic (exact) mass is 242 g/mol. The van der Waals surface area contributed by atoms with E-state index in [9.17, 15) is 0 Å². The zero-order valence-electron chi connectivity index (χ0n) is 9.67. The van der Waals surface area contributed by atoms with E-state index in [4.69, 9.17) is 25.8 Å². The molecule has 0 amide bonds. The lowest BCUT2D eigenvalue weighted by Crippen LogP contribution is -1.97. The van der Waals surface area contributed by atoms with Crippen molar-refractivity contribution in [1.29, 1.82) is 0 Å². The number of benzene rings is 1. The largest absolute Gasteiger partial charge is 0.493 e. The van der Waals surface area contributed by atoms with Crippen molar-refractivity contribution in [1.82, 2.24) is 0 Å². The summed E-state index contributed by atoms with van der Waals surface area (Å²) in [6.45, 7) is 3.87. The predicted molar refractivity (Wildman–Crippen MR) is 65.9 cm³/mol. The van der Waals surface area contributed by atoms with E-state index >= 15 is 0 Å². The number of rotatable bonds is 5. The molecule has 0 N–H and O–H groups in total. The lowest BCUT2D eigenvalue weighted by molar-refractivity contribution is 0.324. The minimum atomic E-state index is 0.360. The Balaban J connectivity index is 3.31. The van der Waals surface area contributed by atoms with E-state index in [0.717, 1.165) is 11.1 Å². The number of methoxy groups -OCH3 is 3. The smallest absolute Gasteiger partial charge is 0.203 e. The third-order valence-electron chi connectivity index (χ3n) is 2.23. The molecule has 0 saturated heterocycles. The topological polar surface area (TPSA) is 27.7 Å². The molecule has 1 aromatic carbocycles. The van der Waals surface area contributed by atoms with Crippen LogP contribution in [0.5, 0.6) is 17.2 Å². The molecule has 0 fully saturated rings. The van der Waals surface area contributed by atoms with Gasteiger partial charge >= 0.3 is 0 Å². The number of allylic oxidation sites excluding steroid dienone is 1. The maximum atomic E-state index is 5.74. The van der Waals surface area contributed by atoms with Crippen molar-refractivity contribution in [2.45, 2.75) is 0 Å². The molecule has 0 spiro atoms. The Morgan fingerprint density at radius 1 is 1.12 bits per heavy atom. The van der Waals surface area contributed by atoms with Gasteiger partial charge in [0, 0.05) is 5.88 Å². The summed E-state index contributed by atoms with van der Waals surface area (Å²) in [5, 5.41) is 0. The molecule has 0 aromatic heterocycles. The minimum absolute atomic E-state index is 0.360. The average molecular weight is 243 g/mol. The highest BCUT2D eigenvalue weighted by Gasteiger charge is 2.13. The van der Waals surface area contributed by atoms with Gasteiger partial charge in [-0.2, -0.15) is 0 Å². The van der Waals surface area contributed by atoms with E-state index in [1.807, 2.05) is 12.1 Å². The highest BCUT2D eigenvalue weighted by Crippen LogP contribution is 2.39. The number of hydrogen-bond acceptors (Lipinski definition) is 3. The fraction of sp³-hybridized carbons (Fsp3) is 0.333. The third-order valence-corrected chi connectivity index (χ3v) is 2.56. The van der Waals surface area contributed by atoms with Crippen LogP contribution in [0.25, 0.3) is 5.57 Å². The molecule has 1 aromatic rings. The van der Waals surface area contributed by atoms with Gasteiger partial charge in [0.1, 0.15) is 0 Å². The number of halogens is 1. The van der Waals surface area contributed by atoms with Gasteiger partial charge in [0.2, 0.25) is 5.75 Å². The quantitative estimate of drug-likeness (QED) is 0.743. The summed E-state index contributed by atoms with van der Waals surface area (Å²) in [6, 6.07) is 3.65. The predicted octanol–water partition coefficient (Wildman–Crippen LogP) is 2.96. The summed E-state index contributed by atoms with van der Waals surface area (Å²) in [5.74, 6) is 2.13. The van der Waals surface area contributed by atoms with Crippen LogP contribution in [-0.2, 0) is 0 Å². The number of hydrogen-bond donors (Lipinski definition) is 0. The summed E-state index contributed by atoms with van der Waals surface area (Å²) in [5.41, 5.74) is 1.69. The van der Waals surface area contributed by atoms with Gasteiger partial charge < -0.3 is 14.2 Å². The Morgan fingerprint density at radius 3 is 1.94 bits per heavy atom. The van der Waals surface area contributed by atoms with Crippen molar-refractivity contribution in [3.05, 3.63) is 24.3 Å². The second kappa shape index (κ2) is 5.66. The molecule has 0 aliphatic rings. The van der Waals surface area contributed by atoms with Crippen LogP contribution in [0.4, 0.5) is 0 Å². The Morgan fingerprint density at radius 2 is 1.62 bits per heavy atom. The van der Waals surface area contributed by atoms with E-state index in [1.54, 1.807) is 21.3 Å². The normalized spacial score (nSPS) is 9.75. The van der Waals surface area contributed by atoms with Crippen LogP contribution in [0, 0.1) is 0 Å². The van der Waals surface area contributed by atoms with Crippen LogP contribution in [0.3, 0.4) is 0 Å². The van der Waals surface area contributed by atoms with Crippen molar-refractivity contribution < 1.29 is 14.2 Å². The second-order valence-corrected chi connectivity index (χ2v) is 3.42. The van der Waals surface area contributed by atoms with Gasteiger partial charge in [-0.25, -0.2) is 0 Å². The van der Waals surface area contributed by atoms with Gasteiger partial charge in [-0.1, -0.05) is 6.58 Å². The standard InChI is InChI=1S/C12H15ClO3/c1-8(7-13)9-5-10(14-2)12(16-4)11(6-9)15-3/h5-6H,1,7H2,2-4H3. The van der Waals surface area contributed by atoms with Crippen LogP contribution in [0.2, 0.25) is 0 Å². The van der Waals surface area contributed by atoms with Crippen LogP contribution in [0.15, 0.2) is 18.7 Å². The zero-order chi connectivity index (χ0) is 12.1. The first kappa shape index (κ1) is 12.7. The van der Waals surface area contributed by atoms with Crippen LogP contribution >= 0.6 is 11.6 Å². The lowest BCUT2D eigenvalue weighted by Gasteiger charge is -2.14. The molecule has 0 atom stereocenters. The molecular weight excluding hydrogens is 228 g/mol. The number of alkyl halides is 1. The van der Waals surface area contributed by atoms with Gasteiger partial charge in [-0.15, -0.1) is 11.6 Å². The molecule has 16 heavy (non-hydrogen) atoms. The van der Waals surface area contributed by atoms with Crippen molar-refractivity contribution >= 4 is 17.2 Å². The fourth-order valence-corrected chi connectivity index (χ4v) is 1.52. The molecule has 0 aliphatic carbocycles. The Kier molecular flexibility index (Phi) is 4.50. The first-order valence-electron chi connectivity index (χ1n) is 4.72. The van der Waals surface area contributed by atoms with E-state index < -0.39 is 0 Å². The van der Waals surface area contributed by atoms with Gasteiger partial charge in [0.15, 0.2) is 11.5 Å². The average Bonchev–Trinajstić information content (AvgIpc) is 2.35. The summed E-state index contributed by atoms with van der Waals surface area (Å²) in [4.78, 5) is 0. The van der Waals surface area contributed by atoms with Crippen molar-refractivity contribution in [2.24, 2.45) is 0 Å². The molecule has 1 rings (SSSR count).